The van der Waals surface area contributed by atoms with E-state index in [1.165, 1.54) is 4.68 Å². The molecule has 1 N–H and O–H groups in total. The van der Waals surface area contributed by atoms with Crippen molar-refractivity contribution in [3.63, 3.8) is 0 Å². The molecule has 1 heterocycles. The first-order valence-corrected chi connectivity index (χ1v) is 8.71. The van der Waals surface area contributed by atoms with Gasteiger partial charge in [-0.25, -0.2) is 4.68 Å². The van der Waals surface area contributed by atoms with Crippen LogP contribution in [0.4, 0.5) is 0 Å². The predicted molar refractivity (Wildman–Crippen MR) is 103 cm³/mol. The van der Waals surface area contributed by atoms with Gasteiger partial charge in [-0.2, -0.15) is 5.10 Å². The summed E-state index contributed by atoms with van der Waals surface area (Å²) in [6.45, 7) is 4.51. The number of carbonyl (C=O) groups excluding carboxylic acids is 1. The van der Waals surface area contributed by atoms with E-state index in [2.05, 4.69) is 10.4 Å². The number of rotatable bonds is 5. The van der Waals surface area contributed by atoms with Crippen LogP contribution < -0.4 is 10.9 Å². The number of aryl methyl sites for hydroxylation is 1. The molecular weight excluding hydrogens is 326 g/mol. The van der Waals surface area contributed by atoms with Crippen molar-refractivity contribution >= 4 is 5.91 Å². The Hall–Kier alpha value is -3.21. The number of amides is 1. The Kier molecular flexibility index (Phi) is 5.27. The molecule has 0 bridgehead atoms. The second-order valence-electron chi connectivity index (χ2n) is 5.81. The number of hydrogen-bond acceptors (Lipinski definition) is 3. The monoisotopic (exact) mass is 347 g/mol. The summed E-state index contributed by atoms with van der Waals surface area (Å²) in [7, 11) is 0. The van der Waals surface area contributed by atoms with E-state index >= 15 is 0 Å². The van der Waals surface area contributed by atoms with Crippen LogP contribution >= 0.6 is 0 Å². The van der Waals surface area contributed by atoms with Crippen LogP contribution in [-0.2, 0) is 6.54 Å². The van der Waals surface area contributed by atoms with Crippen LogP contribution in [0.3, 0.4) is 0 Å². The van der Waals surface area contributed by atoms with Crippen molar-refractivity contribution in [1.29, 1.82) is 0 Å². The Balaban J connectivity index is 2.42. The van der Waals surface area contributed by atoms with Crippen LogP contribution in [-0.4, -0.2) is 22.2 Å². The maximum atomic E-state index is 12.9. The fourth-order valence-corrected chi connectivity index (χ4v) is 2.93. The van der Waals surface area contributed by atoms with Crippen molar-refractivity contribution in [2.24, 2.45) is 0 Å². The summed E-state index contributed by atoms with van der Waals surface area (Å²) >= 11 is 0. The highest BCUT2D eigenvalue weighted by Crippen LogP contribution is 2.31. The quantitative estimate of drug-likeness (QED) is 0.770. The molecule has 0 atom stereocenters. The molecule has 26 heavy (non-hydrogen) atoms. The van der Waals surface area contributed by atoms with E-state index in [-0.39, 0.29) is 17.0 Å². The maximum Gasteiger partial charge on any atom is 0.280 e. The molecule has 0 fully saturated rings. The van der Waals surface area contributed by atoms with Gasteiger partial charge in [-0.15, -0.1) is 0 Å². The van der Waals surface area contributed by atoms with Gasteiger partial charge in [-0.1, -0.05) is 60.7 Å². The minimum absolute atomic E-state index is 0.133. The van der Waals surface area contributed by atoms with Gasteiger partial charge in [0.25, 0.3) is 11.5 Å². The smallest absolute Gasteiger partial charge is 0.280 e. The molecular formula is C21H21N3O2. The standard InChI is InChI=1S/C21H21N3O2/c1-3-22-20(25)18-17(15-11-7-5-8-12-15)19(16-13-9-6-10-14-16)23-24(4-2)21(18)26/h5-14H,3-4H2,1-2H3,(H,22,25). The summed E-state index contributed by atoms with van der Waals surface area (Å²) in [4.78, 5) is 25.7. The second-order valence-corrected chi connectivity index (χ2v) is 5.81. The molecule has 0 unspecified atom stereocenters. The van der Waals surface area contributed by atoms with Crippen molar-refractivity contribution in [3.8, 4) is 22.4 Å². The third-order valence-electron chi connectivity index (χ3n) is 4.13. The van der Waals surface area contributed by atoms with E-state index in [4.69, 9.17) is 0 Å². The van der Waals surface area contributed by atoms with Gasteiger partial charge in [0.15, 0.2) is 0 Å². The molecule has 0 spiro atoms. The molecule has 0 aliphatic carbocycles. The van der Waals surface area contributed by atoms with Crippen LogP contribution in [0, 0.1) is 0 Å². The summed E-state index contributed by atoms with van der Waals surface area (Å²) < 4.78 is 1.35. The zero-order valence-corrected chi connectivity index (χ0v) is 14.9. The molecule has 132 valence electrons. The lowest BCUT2D eigenvalue weighted by molar-refractivity contribution is 0.0954. The third kappa shape index (κ3) is 3.28. The normalized spacial score (nSPS) is 10.5. The lowest BCUT2D eigenvalue weighted by atomic mass is 9.95. The highest BCUT2D eigenvalue weighted by Gasteiger charge is 2.24. The number of carbonyl (C=O) groups is 1. The Bertz CT molecular complexity index is 964. The van der Waals surface area contributed by atoms with Gasteiger partial charge in [0.1, 0.15) is 5.56 Å². The van der Waals surface area contributed by atoms with E-state index in [0.29, 0.717) is 24.3 Å². The zero-order chi connectivity index (χ0) is 18.5. The van der Waals surface area contributed by atoms with E-state index in [0.717, 1.165) is 11.1 Å². The molecule has 5 nitrogen and oxygen atoms in total. The summed E-state index contributed by atoms with van der Waals surface area (Å²) in [5, 5.41) is 7.33. The summed E-state index contributed by atoms with van der Waals surface area (Å²) in [6.07, 6.45) is 0. The Labute approximate surface area is 152 Å². The van der Waals surface area contributed by atoms with Crippen molar-refractivity contribution in [2.75, 3.05) is 6.54 Å². The molecule has 0 saturated carbocycles. The van der Waals surface area contributed by atoms with Gasteiger partial charge in [-0.3, -0.25) is 9.59 Å². The maximum absolute atomic E-state index is 12.9. The van der Waals surface area contributed by atoms with Gasteiger partial charge in [0.05, 0.1) is 5.69 Å². The molecule has 3 aromatic rings. The highest BCUT2D eigenvalue weighted by atomic mass is 16.2. The lowest BCUT2D eigenvalue weighted by Crippen LogP contribution is -2.35. The molecule has 1 aromatic heterocycles. The Morgan fingerprint density at radius 1 is 0.962 bits per heavy atom. The first-order chi connectivity index (χ1) is 12.7. The largest absolute Gasteiger partial charge is 0.352 e. The Morgan fingerprint density at radius 3 is 2.08 bits per heavy atom. The van der Waals surface area contributed by atoms with Crippen molar-refractivity contribution in [1.82, 2.24) is 15.1 Å². The lowest BCUT2D eigenvalue weighted by Gasteiger charge is -2.16. The van der Waals surface area contributed by atoms with Crippen LogP contribution in [0.2, 0.25) is 0 Å². The molecule has 0 aliphatic heterocycles. The van der Waals surface area contributed by atoms with Crippen molar-refractivity contribution in [3.05, 3.63) is 76.6 Å². The number of nitrogens with one attached hydrogen (secondary N) is 1. The predicted octanol–water partition coefficient (Wildman–Crippen LogP) is 3.35. The highest BCUT2D eigenvalue weighted by molar-refractivity contribution is 6.03. The number of hydrogen-bond donors (Lipinski definition) is 1. The number of benzene rings is 2. The molecule has 0 saturated heterocycles. The fraction of sp³-hybridized carbons (Fsp3) is 0.190. The third-order valence-corrected chi connectivity index (χ3v) is 4.13. The molecule has 3 rings (SSSR count). The van der Waals surface area contributed by atoms with E-state index in [1.54, 1.807) is 0 Å². The van der Waals surface area contributed by atoms with Crippen LogP contribution in [0.5, 0.6) is 0 Å². The molecule has 0 radical (unpaired) electrons. The van der Waals surface area contributed by atoms with Crippen molar-refractivity contribution in [2.45, 2.75) is 20.4 Å². The zero-order valence-electron chi connectivity index (χ0n) is 14.9. The summed E-state index contributed by atoms with van der Waals surface area (Å²) in [6, 6.07) is 19.1. The van der Waals surface area contributed by atoms with E-state index < -0.39 is 0 Å². The average molecular weight is 347 g/mol. The molecule has 2 aromatic carbocycles. The first kappa shape index (κ1) is 17.6. The van der Waals surface area contributed by atoms with Gasteiger partial charge >= 0.3 is 0 Å². The Morgan fingerprint density at radius 2 is 1.54 bits per heavy atom. The van der Waals surface area contributed by atoms with E-state index in [9.17, 15) is 9.59 Å². The SMILES string of the molecule is CCNC(=O)c1c(-c2ccccc2)c(-c2ccccc2)nn(CC)c1=O. The average Bonchev–Trinajstić information content (AvgIpc) is 2.69. The first-order valence-electron chi connectivity index (χ1n) is 8.71. The van der Waals surface area contributed by atoms with Crippen molar-refractivity contribution < 1.29 is 4.79 Å². The minimum Gasteiger partial charge on any atom is -0.352 e. The molecule has 1 amide bonds. The van der Waals surface area contributed by atoms with E-state index in [1.807, 2.05) is 74.5 Å². The fourth-order valence-electron chi connectivity index (χ4n) is 2.93. The second kappa shape index (κ2) is 7.78. The van der Waals surface area contributed by atoms with Gasteiger partial charge in [0.2, 0.25) is 0 Å². The summed E-state index contributed by atoms with van der Waals surface area (Å²) in [5.41, 5.74) is 2.60. The minimum atomic E-state index is -0.378. The number of aromatic nitrogens is 2. The molecule has 0 aliphatic rings. The number of nitrogens with zero attached hydrogens (tertiary/aromatic N) is 2. The van der Waals surface area contributed by atoms with Gasteiger partial charge < -0.3 is 5.32 Å². The van der Waals surface area contributed by atoms with Crippen LogP contribution in [0.1, 0.15) is 24.2 Å². The van der Waals surface area contributed by atoms with Crippen LogP contribution in [0.15, 0.2) is 65.5 Å². The van der Waals surface area contributed by atoms with Gasteiger partial charge in [-0.05, 0) is 19.4 Å². The van der Waals surface area contributed by atoms with Crippen LogP contribution in [0.25, 0.3) is 22.4 Å². The van der Waals surface area contributed by atoms with Gasteiger partial charge in [0, 0.05) is 24.2 Å². The molecule has 5 heteroatoms. The topological polar surface area (TPSA) is 64.0 Å². The summed E-state index contributed by atoms with van der Waals surface area (Å²) in [5.74, 6) is -0.377.